The smallest absolute Gasteiger partial charge is 0.295 e. The molecular weight excluding hydrogens is 406 g/mol. The summed E-state index contributed by atoms with van der Waals surface area (Å²) in [5, 5.41) is 11.1. The lowest BCUT2D eigenvalue weighted by molar-refractivity contribution is -0.140. The van der Waals surface area contributed by atoms with Crippen LogP contribution in [0, 0.1) is 0 Å². The fourth-order valence-electron chi connectivity index (χ4n) is 4.39. The second kappa shape index (κ2) is 9.17. The lowest BCUT2D eigenvalue weighted by atomic mass is 9.93. The van der Waals surface area contributed by atoms with Gasteiger partial charge in [0.15, 0.2) is 0 Å². The monoisotopic (exact) mass is 435 g/mol. The van der Waals surface area contributed by atoms with Gasteiger partial charge in [-0.1, -0.05) is 38.1 Å². The molecule has 32 heavy (non-hydrogen) atoms. The van der Waals surface area contributed by atoms with Crippen molar-refractivity contribution in [3.8, 4) is 5.75 Å². The maximum atomic E-state index is 13.1. The van der Waals surface area contributed by atoms with Gasteiger partial charge in [-0.15, -0.1) is 0 Å². The zero-order chi connectivity index (χ0) is 22.8. The maximum Gasteiger partial charge on any atom is 0.295 e. The molecule has 2 aliphatic rings. The average Bonchev–Trinajstić information content (AvgIpc) is 3.41. The Hall–Kier alpha value is -3.12. The van der Waals surface area contributed by atoms with Crippen LogP contribution in [-0.4, -0.2) is 48.1 Å². The fourth-order valence-corrected chi connectivity index (χ4v) is 4.39. The molecule has 0 saturated carbocycles. The molecule has 0 unspecified atom stereocenters. The van der Waals surface area contributed by atoms with Crippen molar-refractivity contribution in [2.75, 3.05) is 20.3 Å². The quantitative estimate of drug-likeness (QED) is 0.413. The van der Waals surface area contributed by atoms with Crippen LogP contribution in [0.15, 0.2) is 54.1 Å². The molecule has 1 amide bonds. The molecule has 2 saturated heterocycles. The summed E-state index contributed by atoms with van der Waals surface area (Å²) in [6.07, 6.45) is 1.68. The first-order chi connectivity index (χ1) is 15.4. The third kappa shape index (κ3) is 4.15. The van der Waals surface area contributed by atoms with Gasteiger partial charge in [0.25, 0.3) is 11.7 Å². The number of Topliss-reactive ketones (excluding diaryl/α,β-unsaturated/α-hetero) is 1. The number of ether oxygens (including phenoxy) is 2. The number of likely N-dealkylation sites (tertiary alicyclic amines) is 1. The Morgan fingerprint density at radius 1 is 1.12 bits per heavy atom. The lowest BCUT2D eigenvalue weighted by Gasteiger charge is -2.27. The number of carbonyl (C=O) groups excluding carboxylic acids is 2. The Bertz CT molecular complexity index is 1020. The Balaban J connectivity index is 1.79. The number of rotatable bonds is 6. The summed E-state index contributed by atoms with van der Waals surface area (Å²) in [4.78, 5) is 27.7. The SMILES string of the molecule is COc1ccc(C(O)=C2C(=O)C(=O)N(C[C@@H]3CCCO3)[C@H]2c2ccc(C(C)C)cc2)cc1. The summed E-state index contributed by atoms with van der Waals surface area (Å²) in [6, 6.07) is 14.0. The molecule has 0 aromatic heterocycles. The van der Waals surface area contributed by atoms with Gasteiger partial charge in [0.1, 0.15) is 11.5 Å². The van der Waals surface area contributed by atoms with Gasteiger partial charge in [0.2, 0.25) is 0 Å². The van der Waals surface area contributed by atoms with Crippen LogP contribution < -0.4 is 4.74 Å². The molecule has 6 heteroatoms. The van der Waals surface area contributed by atoms with Crippen LogP contribution in [0.2, 0.25) is 0 Å². The van der Waals surface area contributed by atoms with Gasteiger partial charge in [-0.3, -0.25) is 9.59 Å². The Labute approximate surface area is 188 Å². The van der Waals surface area contributed by atoms with Crippen LogP contribution in [0.3, 0.4) is 0 Å². The van der Waals surface area contributed by atoms with Crippen molar-refractivity contribution in [2.24, 2.45) is 0 Å². The third-order valence-electron chi connectivity index (χ3n) is 6.25. The van der Waals surface area contributed by atoms with Gasteiger partial charge in [0.05, 0.1) is 24.8 Å². The van der Waals surface area contributed by atoms with Crippen molar-refractivity contribution in [1.82, 2.24) is 4.90 Å². The van der Waals surface area contributed by atoms with E-state index in [1.54, 1.807) is 36.3 Å². The van der Waals surface area contributed by atoms with Crippen LogP contribution in [0.25, 0.3) is 5.76 Å². The highest BCUT2D eigenvalue weighted by atomic mass is 16.5. The molecule has 0 aliphatic carbocycles. The molecule has 2 aromatic carbocycles. The number of methoxy groups -OCH3 is 1. The van der Waals surface area contributed by atoms with Gasteiger partial charge >= 0.3 is 0 Å². The van der Waals surface area contributed by atoms with Crippen LogP contribution in [0.4, 0.5) is 0 Å². The van der Waals surface area contributed by atoms with Crippen molar-refractivity contribution in [1.29, 1.82) is 0 Å². The molecule has 2 fully saturated rings. The van der Waals surface area contributed by atoms with Gasteiger partial charge in [-0.25, -0.2) is 0 Å². The second-order valence-corrected chi connectivity index (χ2v) is 8.64. The summed E-state index contributed by atoms with van der Waals surface area (Å²) in [6.45, 7) is 5.21. The number of aliphatic hydroxyl groups is 1. The van der Waals surface area contributed by atoms with Crippen molar-refractivity contribution in [3.63, 3.8) is 0 Å². The van der Waals surface area contributed by atoms with Crippen LogP contribution >= 0.6 is 0 Å². The zero-order valence-corrected chi connectivity index (χ0v) is 18.7. The molecular formula is C26H29NO5. The Morgan fingerprint density at radius 3 is 2.38 bits per heavy atom. The number of aliphatic hydroxyl groups excluding tert-OH is 1. The highest BCUT2D eigenvalue weighted by Gasteiger charge is 2.47. The van der Waals surface area contributed by atoms with Crippen molar-refractivity contribution >= 4 is 17.4 Å². The average molecular weight is 436 g/mol. The van der Waals surface area contributed by atoms with Crippen molar-refractivity contribution < 1.29 is 24.2 Å². The number of carbonyl (C=O) groups is 2. The fraction of sp³-hybridized carbons (Fsp3) is 0.385. The number of hydrogen-bond acceptors (Lipinski definition) is 5. The normalized spacial score (nSPS) is 22.7. The molecule has 6 nitrogen and oxygen atoms in total. The first kappa shape index (κ1) is 22.1. The van der Waals surface area contributed by atoms with E-state index in [0.29, 0.717) is 30.4 Å². The molecule has 0 spiro atoms. The standard InChI is InChI=1S/C26H29NO5/c1-16(2)17-6-8-18(9-7-17)23-22(24(28)19-10-12-20(31-3)13-11-19)25(29)26(30)27(23)15-21-5-4-14-32-21/h6-13,16,21,23,28H,4-5,14-15H2,1-3H3/t21-,23-/m0/s1. The molecule has 2 heterocycles. The number of ketones is 1. The number of hydrogen-bond donors (Lipinski definition) is 1. The molecule has 2 atom stereocenters. The van der Waals surface area contributed by atoms with E-state index < -0.39 is 17.7 Å². The van der Waals surface area contributed by atoms with E-state index >= 15 is 0 Å². The minimum atomic E-state index is -0.672. The number of benzene rings is 2. The first-order valence-corrected chi connectivity index (χ1v) is 11.0. The lowest BCUT2D eigenvalue weighted by Crippen LogP contribution is -2.36. The first-order valence-electron chi connectivity index (χ1n) is 11.0. The van der Waals surface area contributed by atoms with Crippen LogP contribution in [-0.2, 0) is 14.3 Å². The summed E-state index contributed by atoms with van der Waals surface area (Å²) in [5.74, 6) is -0.454. The van der Waals surface area contributed by atoms with E-state index in [0.717, 1.165) is 18.4 Å². The van der Waals surface area contributed by atoms with E-state index in [2.05, 4.69) is 13.8 Å². The van der Waals surface area contributed by atoms with Crippen LogP contribution in [0.1, 0.15) is 55.3 Å². The van der Waals surface area contributed by atoms with Gasteiger partial charge in [-0.05, 0) is 54.2 Å². The van der Waals surface area contributed by atoms with E-state index in [9.17, 15) is 14.7 Å². The van der Waals surface area contributed by atoms with Gasteiger partial charge in [-0.2, -0.15) is 0 Å². The molecule has 2 aliphatic heterocycles. The predicted molar refractivity (Wildman–Crippen MR) is 122 cm³/mol. The summed E-state index contributed by atoms with van der Waals surface area (Å²) >= 11 is 0. The summed E-state index contributed by atoms with van der Waals surface area (Å²) in [7, 11) is 1.56. The topological polar surface area (TPSA) is 76.1 Å². The van der Waals surface area contributed by atoms with E-state index in [4.69, 9.17) is 9.47 Å². The van der Waals surface area contributed by atoms with E-state index in [1.807, 2.05) is 24.3 Å². The minimum absolute atomic E-state index is 0.105. The predicted octanol–water partition coefficient (Wildman–Crippen LogP) is 4.42. The van der Waals surface area contributed by atoms with E-state index in [1.165, 1.54) is 5.56 Å². The number of nitrogens with zero attached hydrogens (tertiary/aromatic N) is 1. The highest BCUT2D eigenvalue weighted by molar-refractivity contribution is 6.46. The van der Waals surface area contributed by atoms with E-state index in [-0.39, 0.29) is 17.4 Å². The summed E-state index contributed by atoms with van der Waals surface area (Å²) in [5.41, 5.74) is 2.53. The molecule has 4 rings (SSSR count). The van der Waals surface area contributed by atoms with Crippen molar-refractivity contribution in [3.05, 3.63) is 70.8 Å². The maximum absolute atomic E-state index is 13.1. The minimum Gasteiger partial charge on any atom is -0.507 e. The van der Waals surface area contributed by atoms with Crippen LogP contribution in [0.5, 0.6) is 5.75 Å². The Kier molecular flexibility index (Phi) is 6.33. The molecule has 168 valence electrons. The largest absolute Gasteiger partial charge is 0.507 e. The number of amides is 1. The Morgan fingerprint density at radius 2 is 1.81 bits per heavy atom. The summed E-state index contributed by atoms with van der Waals surface area (Å²) < 4.78 is 10.9. The molecule has 0 radical (unpaired) electrons. The second-order valence-electron chi connectivity index (χ2n) is 8.64. The zero-order valence-electron chi connectivity index (χ0n) is 18.7. The van der Waals surface area contributed by atoms with Gasteiger partial charge in [0, 0.05) is 18.7 Å². The van der Waals surface area contributed by atoms with Gasteiger partial charge < -0.3 is 19.5 Å². The molecule has 1 N–H and O–H groups in total. The molecule has 2 aromatic rings. The van der Waals surface area contributed by atoms with Crippen molar-refractivity contribution in [2.45, 2.75) is 44.8 Å². The molecule has 0 bridgehead atoms. The third-order valence-corrected chi connectivity index (χ3v) is 6.25. The highest BCUT2D eigenvalue weighted by Crippen LogP contribution is 2.40.